The summed E-state index contributed by atoms with van der Waals surface area (Å²) in [7, 11) is 0. The van der Waals surface area contributed by atoms with E-state index in [4.69, 9.17) is 0 Å². The van der Waals surface area contributed by atoms with E-state index in [2.05, 4.69) is 36.9 Å². The van der Waals surface area contributed by atoms with Crippen molar-refractivity contribution in [1.82, 2.24) is 14.9 Å². The molecule has 0 aromatic carbocycles. The van der Waals surface area contributed by atoms with Crippen molar-refractivity contribution >= 4 is 50.3 Å². The summed E-state index contributed by atoms with van der Waals surface area (Å²) < 4.78 is 1.07. The third-order valence-corrected chi connectivity index (χ3v) is 7.02. The summed E-state index contributed by atoms with van der Waals surface area (Å²) in [5.74, 6) is 1.13. The van der Waals surface area contributed by atoms with Gasteiger partial charge in [0.15, 0.2) is 0 Å². The molecule has 0 saturated carbocycles. The normalized spacial score (nSPS) is 14.7. The minimum absolute atomic E-state index is 0.148. The molecule has 1 fully saturated rings. The molecular weight excluding hydrogens is 432 g/mol. The summed E-state index contributed by atoms with van der Waals surface area (Å²) in [6.45, 7) is 3.08. The van der Waals surface area contributed by atoms with E-state index in [9.17, 15) is 4.79 Å². The van der Waals surface area contributed by atoms with Crippen molar-refractivity contribution in [3.63, 3.8) is 0 Å². The minimum Gasteiger partial charge on any atom is -0.353 e. The highest BCUT2D eigenvalue weighted by atomic mass is 79.9. The molecule has 134 valence electrons. The Kier molecular flexibility index (Phi) is 5.33. The van der Waals surface area contributed by atoms with Gasteiger partial charge in [-0.25, -0.2) is 9.97 Å². The first-order valence-corrected chi connectivity index (χ1v) is 10.9. The van der Waals surface area contributed by atoms with Crippen molar-refractivity contribution in [1.29, 1.82) is 0 Å². The van der Waals surface area contributed by atoms with Crippen LogP contribution in [0.15, 0.2) is 45.7 Å². The molecule has 0 N–H and O–H groups in total. The fraction of sp³-hybridized carbons (Fsp3) is 0.278. The number of nitrogens with zero attached hydrogens (tertiary/aromatic N) is 4. The summed E-state index contributed by atoms with van der Waals surface area (Å²) >= 11 is 6.72. The molecule has 26 heavy (non-hydrogen) atoms. The molecule has 0 unspecified atom stereocenters. The number of rotatable bonds is 4. The lowest BCUT2D eigenvalue weighted by molar-refractivity contribution is -0.130. The predicted molar refractivity (Wildman–Crippen MR) is 110 cm³/mol. The number of thiophene rings is 1. The van der Waals surface area contributed by atoms with E-state index in [0.29, 0.717) is 6.42 Å². The number of carbonyl (C=O) groups excluding carboxylic acids is 1. The van der Waals surface area contributed by atoms with Gasteiger partial charge in [0, 0.05) is 47.6 Å². The number of anilines is 1. The molecule has 0 atom stereocenters. The molecule has 1 aliphatic rings. The van der Waals surface area contributed by atoms with E-state index >= 15 is 0 Å². The van der Waals surface area contributed by atoms with Crippen LogP contribution in [0.2, 0.25) is 0 Å². The van der Waals surface area contributed by atoms with Crippen molar-refractivity contribution in [3.05, 3.63) is 51.4 Å². The Morgan fingerprint density at radius 1 is 1.15 bits per heavy atom. The summed E-state index contributed by atoms with van der Waals surface area (Å²) in [4.78, 5) is 26.9. The first kappa shape index (κ1) is 17.6. The molecule has 4 rings (SSSR count). The topological polar surface area (TPSA) is 49.3 Å². The summed E-state index contributed by atoms with van der Waals surface area (Å²) in [6, 6.07) is 7.98. The van der Waals surface area contributed by atoms with Crippen molar-refractivity contribution in [2.75, 3.05) is 31.1 Å². The molecular formula is C18H17BrN4OS2. The minimum atomic E-state index is 0.148. The van der Waals surface area contributed by atoms with Gasteiger partial charge in [-0.05, 0) is 34.1 Å². The molecule has 4 heterocycles. The van der Waals surface area contributed by atoms with Gasteiger partial charge < -0.3 is 9.80 Å². The van der Waals surface area contributed by atoms with Crippen LogP contribution in [0.3, 0.4) is 0 Å². The largest absolute Gasteiger partial charge is 0.353 e. The maximum atomic E-state index is 12.6. The van der Waals surface area contributed by atoms with E-state index in [1.54, 1.807) is 28.9 Å². The van der Waals surface area contributed by atoms with Gasteiger partial charge in [-0.15, -0.1) is 22.7 Å². The number of amides is 1. The van der Waals surface area contributed by atoms with Crippen LogP contribution in [0.5, 0.6) is 0 Å². The number of piperazine rings is 1. The van der Waals surface area contributed by atoms with Gasteiger partial charge in [0.25, 0.3) is 0 Å². The number of thiazole rings is 1. The Labute approximate surface area is 168 Å². The van der Waals surface area contributed by atoms with Crippen LogP contribution >= 0.6 is 38.6 Å². The van der Waals surface area contributed by atoms with Gasteiger partial charge in [0.05, 0.1) is 17.0 Å². The zero-order valence-electron chi connectivity index (χ0n) is 14.0. The SMILES string of the molecule is O=C(Cc1csc(-c2cc(Br)cs2)n1)N1CCN(c2ccccn2)CC1. The monoisotopic (exact) mass is 448 g/mol. The highest BCUT2D eigenvalue weighted by molar-refractivity contribution is 9.10. The first-order chi connectivity index (χ1) is 12.7. The smallest absolute Gasteiger partial charge is 0.228 e. The summed E-state index contributed by atoms with van der Waals surface area (Å²) in [6.07, 6.45) is 2.17. The lowest BCUT2D eigenvalue weighted by Crippen LogP contribution is -2.49. The number of halogens is 1. The number of pyridine rings is 1. The molecule has 3 aromatic heterocycles. The van der Waals surface area contributed by atoms with Crippen LogP contribution in [0.1, 0.15) is 5.69 Å². The quantitative estimate of drug-likeness (QED) is 0.606. The van der Waals surface area contributed by atoms with E-state index in [0.717, 1.165) is 52.0 Å². The number of hydrogen-bond acceptors (Lipinski definition) is 6. The van der Waals surface area contributed by atoms with Crippen molar-refractivity contribution in [2.45, 2.75) is 6.42 Å². The Morgan fingerprint density at radius 3 is 2.69 bits per heavy atom. The van der Waals surface area contributed by atoms with E-state index in [-0.39, 0.29) is 5.91 Å². The number of aromatic nitrogens is 2. The van der Waals surface area contributed by atoms with Gasteiger partial charge in [0.1, 0.15) is 10.8 Å². The maximum absolute atomic E-state index is 12.6. The molecule has 0 spiro atoms. The standard InChI is InChI=1S/C18H17BrN4OS2/c19-13-9-15(25-11-13)18-21-14(12-26-18)10-17(24)23-7-5-22(6-8-23)16-3-1-2-4-20-16/h1-4,9,11-12H,5-8,10H2. The molecule has 3 aromatic rings. The van der Waals surface area contributed by atoms with Gasteiger partial charge in [-0.3, -0.25) is 4.79 Å². The zero-order chi connectivity index (χ0) is 17.9. The molecule has 0 radical (unpaired) electrons. The average molecular weight is 449 g/mol. The van der Waals surface area contributed by atoms with Crippen molar-refractivity contribution in [3.8, 4) is 9.88 Å². The third-order valence-electron chi connectivity index (χ3n) is 4.27. The predicted octanol–water partition coefficient (Wildman–Crippen LogP) is 3.92. The Balaban J connectivity index is 1.34. The Bertz CT molecular complexity index is 888. The molecule has 1 amide bonds. The fourth-order valence-corrected chi connectivity index (χ4v) is 5.25. The molecule has 1 saturated heterocycles. The maximum Gasteiger partial charge on any atom is 0.228 e. The first-order valence-electron chi connectivity index (χ1n) is 8.31. The average Bonchev–Trinajstić information content (AvgIpc) is 3.31. The van der Waals surface area contributed by atoms with Crippen molar-refractivity contribution < 1.29 is 4.79 Å². The second kappa shape index (κ2) is 7.85. The number of hydrogen-bond donors (Lipinski definition) is 0. The zero-order valence-corrected chi connectivity index (χ0v) is 17.2. The molecule has 1 aliphatic heterocycles. The Hall–Kier alpha value is -1.77. The second-order valence-electron chi connectivity index (χ2n) is 6.01. The van der Waals surface area contributed by atoms with Crippen LogP contribution in [0.25, 0.3) is 9.88 Å². The molecule has 5 nitrogen and oxygen atoms in total. The highest BCUT2D eigenvalue weighted by Crippen LogP contribution is 2.32. The fourth-order valence-electron chi connectivity index (χ4n) is 2.92. The van der Waals surface area contributed by atoms with Crippen LogP contribution in [0.4, 0.5) is 5.82 Å². The molecule has 0 aliphatic carbocycles. The van der Waals surface area contributed by atoms with Crippen LogP contribution < -0.4 is 4.90 Å². The Morgan fingerprint density at radius 2 is 2.00 bits per heavy atom. The van der Waals surface area contributed by atoms with Gasteiger partial charge in [0.2, 0.25) is 5.91 Å². The molecule has 8 heteroatoms. The van der Waals surface area contributed by atoms with Crippen LogP contribution in [-0.2, 0) is 11.2 Å². The van der Waals surface area contributed by atoms with Crippen molar-refractivity contribution in [2.24, 2.45) is 0 Å². The van der Waals surface area contributed by atoms with Gasteiger partial charge in [-0.1, -0.05) is 6.07 Å². The lowest BCUT2D eigenvalue weighted by Gasteiger charge is -2.35. The second-order valence-corrected chi connectivity index (χ2v) is 8.69. The number of carbonyl (C=O) groups is 1. The van der Waals surface area contributed by atoms with E-state index in [1.165, 1.54) is 0 Å². The lowest BCUT2D eigenvalue weighted by atomic mass is 10.2. The highest BCUT2D eigenvalue weighted by Gasteiger charge is 2.22. The summed E-state index contributed by atoms with van der Waals surface area (Å²) in [5, 5.41) is 5.01. The van der Waals surface area contributed by atoms with E-state index < -0.39 is 0 Å². The van der Waals surface area contributed by atoms with Gasteiger partial charge >= 0.3 is 0 Å². The third kappa shape index (κ3) is 3.97. The van der Waals surface area contributed by atoms with E-state index in [1.807, 2.05) is 33.9 Å². The van der Waals surface area contributed by atoms with Gasteiger partial charge in [-0.2, -0.15) is 0 Å². The van der Waals surface area contributed by atoms with Crippen LogP contribution in [-0.4, -0.2) is 47.0 Å². The summed E-state index contributed by atoms with van der Waals surface area (Å²) in [5.41, 5.74) is 0.853. The van der Waals surface area contributed by atoms with Crippen LogP contribution in [0, 0.1) is 0 Å². The molecule has 0 bridgehead atoms.